The molecular weight excluding hydrogens is 355 g/mol. The number of esters is 2. The number of aliphatic hydroxyl groups is 1. The van der Waals surface area contributed by atoms with E-state index in [0.29, 0.717) is 0 Å². The van der Waals surface area contributed by atoms with Gasteiger partial charge in [0.2, 0.25) is 0 Å². The smallest absolute Gasteiger partial charge is 0.457 e. The third kappa shape index (κ3) is 4.25. The molecule has 0 radical (unpaired) electrons. The predicted molar refractivity (Wildman–Crippen MR) is 73.4 cm³/mol. The van der Waals surface area contributed by atoms with E-state index in [4.69, 9.17) is 0 Å². The van der Waals surface area contributed by atoms with Crippen LogP contribution in [0.15, 0.2) is 30.3 Å². The van der Waals surface area contributed by atoms with Crippen molar-refractivity contribution in [1.29, 1.82) is 0 Å². The molecule has 1 aromatic rings. The molecule has 0 heterocycles. The van der Waals surface area contributed by atoms with Gasteiger partial charge in [0.25, 0.3) is 0 Å². The highest BCUT2D eigenvalue weighted by atomic mass is 19.4. The highest BCUT2D eigenvalue weighted by Crippen LogP contribution is 2.45. The van der Waals surface area contributed by atoms with Crippen LogP contribution in [0.2, 0.25) is 0 Å². The van der Waals surface area contributed by atoms with Crippen LogP contribution in [0.5, 0.6) is 0 Å². The molecule has 1 unspecified atom stereocenters. The fraction of sp³-hybridized carbons (Fsp3) is 0.467. The van der Waals surface area contributed by atoms with Crippen LogP contribution in [-0.2, 0) is 25.7 Å². The van der Waals surface area contributed by atoms with E-state index < -0.39 is 42.3 Å². The molecule has 140 valence electrons. The van der Waals surface area contributed by atoms with Crippen molar-refractivity contribution in [3.8, 4) is 0 Å². The molecule has 5 nitrogen and oxygen atoms in total. The number of ether oxygens (including phenoxy) is 2. The summed E-state index contributed by atoms with van der Waals surface area (Å²) in [4.78, 5) is 23.5. The largest absolute Gasteiger partial charge is 0.460 e. The lowest BCUT2D eigenvalue weighted by Crippen LogP contribution is -2.67. The molecule has 25 heavy (non-hydrogen) atoms. The second-order valence-electron chi connectivity index (χ2n) is 5.30. The number of halogens is 5. The molecule has 0 aromatic heterocycles. The van der Waals surface area contributed by atoms with Crippen molar-refractivity contribution in [1.82, 2.24) is 0 Å². The van der Waals surface area contributed by atoms with Gasteiger partial charge in [0.1, 0.15) is 6.61 Å². The Morgan fingerprint density at radius 2 is 1.56 bits per heavy atom. The molecule has 0 spiro atoms. The average Bonchev–Trinajstić information content (AvgIpc) is 2.50. The normalized spacial score (nSPS) is 14.8. The maximum absolute atomic E-state index is 13.7. The van der Waals surface area contributed by atoms with Crippen LogP contribution in [0.1, 0.15) is 19.4 Å². The second kappa shape index (κ2) is 7.34. The summed E-state index contributed by atoms with van der Waals surface area (Å²) in [5.74, 6) is -11.0. The second-order valence-corrected chi connectivity index (χ2v) is 5.30. The van der Waals surface area contributed by atoms with Crippen molar-refractivity contribution < 1.29 is 46.1 Å². The van der Waals surface area contributed by atoms with Gasteiger partial charge in [-0.3, -0.25) is 0 Å². The van der Waals surface area contributed by atoms with Crippen LogP contribution >= 0.6 is 0 Å². The van der Waals surface area contributed by atoms with Crippen LogP contribution in [0.4, 0.5) is 22.0 Å². The Labute approximate surface area is 139 Å². The van der Waals surface area contributed by atoms with Gasteiger partial charge in [0, 0.05) is 0 Å². The predicted octanol–water partition coefficient (Wildman–Crippen LogP) is 2.61. The highest BCUT2D eigenvalue weighted by Gasteiger charge is 2.78. The molecule has 0 aliphatic carbocycles. The molecule has 0 saturated heterocycles. The molecule has 1 atom stereocenters. The van der Waals surface area contributed by atoms with Gasteiger partial charge >= 0.3 is 29.6 Å². The maximum Gasteiger partial charge on any atom is 0.457 e. The highest BCUT2D eigenvalue weighted by molar-refractivity contribution is 6.05. The van der Waals surface area contributed by atoms with E-state index in [1.54, 1.807) is 6.07 Å². The first-order chi connectivity index (χ1) is 11.3. The zero-order chi connectivity index (χ0) is 19.5. The lowest BCUT2D eigenvalue weighted by molar-refractivity contribution is -0.334. The Balaban J connectivity index is 3.17. The molecular formula is C15H15F5O5. The molecule has 1 rings (SSSR count). The standard InChI is InChI=1S/C15H15F5O5/c1-9(2)25-12(22)13(23,14(16,17)15(18,19)20)11(21)24-8-10-6-4-3-5-7-10/h3-7,9,23H,8H2,1-2H3. The number of hydrogen-bond acceptors (Lipinski definition) is 5. The van der Waals surface area contributed by atoms with Gasteiger partial charge in [-0.1, -0.05) is 30.3 Å². The summed E-state index contributed by atoms with van der Waals surface area (Å²) in [5, 5.41) is 9.72. The SMILES string of the molecule is CC(C)OC(=O)C(O)(C(=O)OCc1ccccc1)C(F)(F)C(F)(F)F. The third-order valence-corrected chi connectivity index (χ3v) is 2.96. The molecule has 0 bridgehead atoms. The van der Waals surface area contributed by atoms with Gasteiger partial charge in [-0.15, -0.1) is 0 Å². The first-order valence-corrected chi connectivity index (χ1v) is 6.93. The van der Waals surface area contributed by atoms with E-state index in [9.17, 15) is 36.6 Å². The van der Waals surface area contributed by atoms with Crippen molar-refractivity contribution in [2.75, 3.05) is 0 Å². The Hall–Kier alpha value is -2.23. The summed E-state index contributed by atoms with van der Waals surface area (Å²) in [6, 6.07) is 7.35. The van der Waals surface area contributed by atoms with Crippen LogP contribution < -0.4 is 0 Å². The number of hydrogen-bond donors (Lipinski definition) is 1. The van der Waals surface area contributed by atoms with Crippen molar-refractivity contribution in [2.45, 2.75) is 44.3 Å². The molecule has 10 heteroatoms. The minimum absolute atomic E-state index is 0.241. The Morgan fingerprint density at radius 3 is 2.00 bits per heavy atom. The van der Waals surface area contributed by atoms with E-state index in [0.717, 1.165) is 13.8 Å². The maximum atomic E-state index is 13.7. The monoisotopic (exact) mass is 370 g/mol. The van der Waals surface area contributed by atoms with Crippen molar-refractivity contribution in [3.63, 3.8) is 0 Å². The quantitative estimate of drug-likeness (QED) is 0.474. The molecule has 1 aromatic carbocycles. The summed E-state index contributed by atoms with van der Waals surface area (Å²) in [7, 11) is 0. The van der Waals surface area contributed by atoms with Crippen LogP contribution in [0, 0.1) is 0 Å². The van der Waals surface area contributed by atoms with Crippen molar-refractivity contribution >= 4 is 11.9 Å². The zero-order valence-electron chi connectivity index (χ0n) is 13.1. The number of rotatable bonds is 6. The van der Waals surface area contributed by atoms with E-state index in [-0.39, 0.29) is 5.56 Å². The summed E-state index contributed by atoms with van der Waals surface area (Å²) in [6.07, 6.45) is -7.56. The minimum Gasteiger partial charge on any atom is -0.460 e. The molecule has 1 N–H and O–H groups in total. The van der Waals surface area contributed by atoms with E-state index in [1.165, 1.54) is 24.3 Å². The van der Waals surface area contributed by atoms with Gasteiger partial charge in [-0.25, -0.2) is 9.59 Å². The number of carbonyl (C=O) groups excluding carboxylic acids is 2. The van der Waals surface area contributed by atoms with E-state index >= 15 is 0 Å². The lowest BCUT2D eigenvalue weighted by Gasteiger charge is -2.32. The van der Waals surface area contributed by atoms with Gasteiger partial charge in [0.15, 0.2) is 0 Å². The van der Waals surface area contributed by atoms with Gasteiger partial charge in [-0.05, 0) is 19.4 Å². The van der Waals surface area contributed by atoms with Gasteiger partial charge < -0.3 is 14.6 Å². The summed E-state index contributed by atoms with van der Waals surface area (Å²) in [5.41, 5.74) is -4.63. The van der Waals surface area contributed by atoms with E-state index in [1.807, 2.05) is 0 Å². The van der Waals surface area contributed by atoms with Crippen LogP contribution in [0.3, 0.4) is 0 Å². The first-order valence-electron chi connectivity index (χ1n) is 6.93. The fourth-order valence-electron chi connectivity index (χ4n) is 1.67. The van der Waals surface area contributed by atoms with E-state index in [2.05, 4.69) is 9.47 Å². The zero-order valence-corrected chi connectivity index (χ0v) is 13.1. The molecule has 0 fully saturated rings. The summed E-state index contributed by atoms with van der Waals surface area (Å²) >= 11 is 0. The Kier molecular flexibility index (Phi) is 6.11. The fourth-order valence-corrected chi connectivity index (χ4v) is 1.67. The minimum atomic E-state index is -6.40. The van der Waals surface area contributed by atoms with Crippen molar-refractivity contribution in [3.05, 3.63) is 35.9 Å². The molecule has 0 aliphatic heterocycles. The Morgan fingerprint density at radius 1 is 1.04 bits per heavy atom. The van der Waals surface area contributed by atoms with Gasteiger partial charge in [0.05, 0.1) is 6.10 Å². The van der Waals surface area contributed by atoms with Crippen LogP contribution in [-0.4, -0.2) is 40.8 Å². The van der Waals surface area contributed by atoms with Crippen LogP contribution in [0.25, 0.3) is 0 Å². The number of carbonyl (C=O) groups is 2. The topological polar surface area (TPSA) is 72.8 Å². The van der Waals surface area contributed by atoms with Gasteiger partial charge in [-0.2, -0.15) is 22.0 Å². The first kappa shape index (κ1) is 20.8. The third-order valence-electron chi connectivity index (χ3n) is 2.96. The average molecular weight is 370 g/mol. The Bertz CT molecular complexity index is 614. The molecule has 0 saturated carbocycles. The molecule has 0 aliphatic rings. The number of benzene rings is 1. The summed E-state index contributed by atoms with van der Waals surface area (Å²) < 4.78 is 73.7. The summed E-state index contributed by atoms with van der Waals surface area (Å²) in [6.45, 7) is 1.55. The lowest BCUT2D eigenvalue weighted by atomic mass is 9.94. The number of alkyl halides is 5. The van der Waals surface area contributed by atoms with Crippen molar-refractivity contribution in [2.24, 2.45) is 0 Å². The molecule has 0 amide bonds.